The summed E-state index contributed by atoms with van der Waals surface area (Å²) in [7, 11) is 1.43. The number of ether oxygens (including phenoxy) is 2. The van der Waals surface area contributed by atoms with Crippen LogP contribution in [0.1, 0.15) is 41.2 Å². The molecule has 2 aromatic heterocycles. The first kappa shape index (κ1) is 22.8. The first-order valence-electron chi connectivity index (χ1n) is 12.6. The number of halogens is 1. The Bertz CT molecular complexity index is 1290. The van der Waals surface area contributed by atoms with Gasteiger partial charge in [-0.1, -0.05) is 6.07 Å². The standard InChI is InChI=1S/C27H30FN5O3/c1-35-26-19(28)5-2-6-20(26)31-25-22-23-17(12-30-27(22)34)8-11-33-10-3-4-16(14-33)15-36-21-13-29-9-7-18(21)24(25)32-23/h2,5-7,9,13,16-17,31-32H,3-4,8,10-12,14-15H2,1H3,(H,30,34). The summed E-state index contributed by atoms with van der Waals surface area (Å²) in [6, 6.07) is 6.59. The van der Waals surface area contributed by atoms with Gasteiger partial charge in [-0.2, -0.15) is 0 Å². The number of aromatic amines is 1. The van der Waals surface area contributed by atoms with Crippen LogP contribution in [0.2, 0.25) is 0 Å². The summed E-state index contributed by atoms with van der Waals surface area (Å²) >= 11 is 0. The van der Waals surface area contributed by atoms with Gasteiger partial charge in [0.15, 0.2) is 11.6 Å². The third-order valence-corrected chi connectivity index (χ3v) is 7.53. The first-order valence-corrected chi connectivity index (χ1v) is 12.6. The summed E-state index contributed by atoms with van der Waals surface area (Å²) in [6.07, 6.45) is 6.67. The monoisotopic (exact) mass is 491 g/mol. The van der Waals surface area contributed by atoms with E-state index in [0.717, 1.165) is 50.2 Å². The van der Waals surface area contributed by atoms with E-state index in [4.69, 9.17) is 9.47 Å². The molecule has 3 aliphatic rings. The van der Waals surface area contributed by atoms with Crippen LogP contribution in [0, 0.1) is 11.7 Å². The topological polar surface area (TPSA) is 91.5 Å². The smallest absolute Gasteiger partial charge is 0.255 e. The number of nitrogens with zero attached hydrogens (tertiary/aromatic N) is 2. The highest BCUT2D eigenvalue weighted by Crippen LogP contribution is 2.44. The van der Waals surface area contributed by atoms with Gasteiger partial charge in [0.05, 0.1) is 42.5 Å². The predicted molar refractivity (Wildman–Crippen MR) is 135 cm³/mol. The highest BCUT2D eigenvalue weighted by molar-refractivity contribution is 6.07. The number of anilines is 2. The quantitative estimate of drug-likeness (QED) is 0.506. The van der Waals surface area contributed by atoms with Crippen LogP contribution in [0.3, 0.4) is 0 Å². The molecule has 5 heterocycles. The summed E-state index contributed by atoms with van der Waals surface area (Å²) in [5.41, 5.74) is 3.97. The predicted octanol–water partition coefficient (Wildman–Crippen LogP) is 4.29. The minimum absolute atomic E-state index is 0.0902. The molecule has 1 fully saturated rings. The van der Waals surface area contributed by atoms with E-state index >= 15 is 0 Å². The fourth-order valence-electron chi connectivity index (χ4n) is 5.73. The number of aromatic nitrogens is 2. The second-order valence-corrected chi connectivity index (χ2v) is 9.80. The van der Waals surface area contributed by atoms with Crippen LogP contribution >= 0.6 is 0 Å². The van der Waals surface area contributed by atoms with Gasteiger partial charge in [-0.05, 0) is 50.6 Å². The lowest BCUT2D eigenvalue weighted by atomic mass is 9.92. The normalized spacial score (nSPS) is 23.2. The molecule has 0 spiro atoms. The van der Waals surface area contributed by atoms with Crippen LogP contribution in [0.5, 0.6) is 11.5 Å². The molecule has 3 aromatic rings. The fraction of sp³-hybridized carbons (Fsp3) is 0.407. The molecule has 6 rings (SSSR count). The Morgan fingerprint density at radius 1 is 1.25 bits per heavy atom. The number of H-pyrrole nitrogens is 1. The van der Waals surface area contributed by atoms with Crippen LogP contribution in [0.15, 0.2) is 36.7 Å². The summed E-state index contributed by atoms with van der Waals surface area (Å²) in [4.78, 5) is 23.6. The Balaban J connectivity index is 1.52. The molecule has 36 heavy (non-hydrogen) atoms. The van der Waals surface area contributed by atoms with E-state index in [1.54, 1.807) is 24.5 Å². The van der Waals surface area contributed by atoms with Crippen molar-refractivity contribution in [2.45, 2.75) is 25.2 Å². The van der Waals surface area contributed by atoms with Gasteiger partial charge in [0.2, 0.25) is 0 Å². The van der Waals surface area contributed by atoms with Crippen LogP contribution < -0.4 is 20.1 Å². The maximum Gasteiger partial charge on any atom is 0.255 e. The van der Waals surface area contributed by atoms with Crippen molar-refractivity contribution < 1.29 is 18.7 Å². The van der Waals surface area contributed by atoms with Gasteiger partial charge in [0.1, 0.15) is 5.75 Å². The zero-order valence-corrected chi connectivity index (χ0v) is 20.3. The lowest BCUT2D eigenvalue weighted by Crippen LogP contribution is -2.40. The minimum atomic E-state index is -0.480. The van der Waals surface area contributed by atoms with E-state index < -0.39 is 5.82 Å². The van der Waals surface area contributed by atoms with Crippen molar-refractivity contribution in [3.8, 4) is 22.8 Å². The van der Waals surface area contributed by atoms with Gasteiger partial charge in [0, 0.05) is 42.4 Å². The van der Waals surface area contributed by atoms with Gasteiger partial charge in [-0.25, -0.2) is 4.39 Å². The molecule has 1 amide bonds. The molecular weight excluding hydrogens is 461 g/mol. The van der Waals surface area contributed by atoms with Crippen molar-refractivity contribution in [2.24, 2.45) is 5.92 Å². The number of piperidine rings is 1. The Hall–Kier alpha value is -3.59. The van der Waals surface area contributed by atoms with Crippen molar-refractivity contribution >= 4 is 17.3 Å². The number of para-hydroxylation sites is 1. The Morgan fingerprint density at radius 3 is 3.06 bits per heavy atom. The zero-order chi connectivity index (χ0) is 24.6. The molecule has 0 saturated carbocycles. The van der Waals surface area contributed by atoms with E-state index in [0.29, 0.717) is 47.5 Å². The summed E-state index contributed by atoms with van der Waals surface area (Å²) < 4.78 is 26.2. The molecule has 1 saturated heterocycles. The number of hydrogen-bond donors (Lipinski definition) is 3. The Kier molecular flexibility index (Phi) is 6.00. The van der Waals surface area contributed by atoms with Crippen LogP contribution in [0.4, 0.5) is 15.8 Å². The number of nitrogens with one attached hydrogen (secondary N) is 3. The molecule has 3 unspecified atom stereocenters. The van der Waals surface area contributed by atoms with Crippen LogP contribution in [-0.2, 0) is 0 Å². The number of fused-ring (bicyclic) bond motifs is 5. The van der Waals surface area contributed by atoms with Crippen molar-refractivity contribution in [3.05, 3.63) is 53.7 Å². The number of methoxy groups -OCH3 is 1. The summed E-state index contributed by atoms with van der Waals surface area (Å²) in [5.74, 6) is 0.691. The molecular formula is C27H30FN5O3. The van der Waals surface area contributed by atoms with Crippen molar-refractivity contribution in [1.82, 2.24) is 20.2 Å². The molecule has 8 nitrogen and oxygen atoms in total. The number of amides is 1. The highest BCUT2D eigenvalue weighted by atomic mass is 19.1. The second-order valence-electron chi connectivity index (χ2n) is 9.80. The van der Waals surface area contributed by atoms with Gasteiger partial charge in [-0.3, -0.25) is 9.78 Å². The van der Waals surface area contributed by atoms with E-state index in [1.165, 1.54) is 13.2 Å². The molecule has 3 aliphatic heterocycles. The number of rotatable bonds is 3. The maximum atomic E-state index is 14.5. The van der Waals surface area contributed by atoms with Gasteiger partial charge < -0.3 is 30.0 Å². The molecule has 188 valence electrons. The SMILES string of the molecule is COc1c(F)cccc1Nc1c2[nH]c3c1C(=O)NCC3CCN1CCCC(COc3cnccc3-2)C1. The lowest BCUT2D eigenvalue weighted by Gasteiger charge is -2.34. The van der Waals surface area contributed by atoms with Crippen molar-refractivity contribution in [2.75, 3.05) is 45.2 Å². The molecule has 0 aliphatic carbocycles. The lowest BCUT2D eigenvalue weighted by molar-refractivity contribution is 0.0935. The van der Waals surface area contributed by atoms with Gasteiger partial charge >= 0.3 is 0 Å². The van der Waals surface area contributed by atoms with Crippen LogP contribution in [-0.4, -0.2) is 60.7 Å². The number of carbonyl (C=O) groups is 1. The Labute approximate surface area is 209 Å². The summed E-state index contributed by atoms with van der Waals surface area (Å²) in [5, 5.41) is 6.40. The van der Waals surface area contributed by atoms with Crippen molar-refractivity contribution in [1.29, 1.82) is 0 Å². The average molecular weight is 492 g/mol. The Morgan fingerprint density at radius 2 is 2.17 bits per heavy atom. The molecule has 0 radical (unpaired) electrons. The zero-order valence-electron chi connectivity index (χ0n) is 20.3. The second kappa shape index (κ2) is 9.46. The number of pyridine rings is 1. The first-order chi connectivity index (χ1) is 17.6. The van der Waals surface area contributed by atoms with Gasteiger partial charge in [0.25, 0.3) is 5.91 Å². The van der Waals surface area contributed by atoms with Crippen molar-refractivity contribution in [3.63, 3.8) is 0 Å². The largest absolute Gasteiger partial charge is 0.492 e. The molecule has 9 heteroatoms. The van der Waals surface area contributed by atoms with E-state index in [9.17, 15) is 9.18 Å². The minimum Gasteiger partial charge on any atom is -0.492 e. The third-order valence-electron chi connectivity index (χ3n) is 7.53. The average Bonchev–Trinajstić information content (AvgIpc) is 3.27. The molecule has 1 aromatic carbocycles. The van der Waals surface area contributed by atoms with E-state index in [1.807, 2.05) is 6.07 Å². The molecule has 4 bridgehead atoms. The summed E-state index contributed by atoms with van der Waals surface area (Å²) in [6.45, 7) is 4.25. The van der Waals surface area contributed by atoms with Crippen LogP contribution in [0.25, 0.3) is 11.3 Å². The number of hydrogen-bond acceptors (Lipinski definition) is 6. The highest BCUT2D eigenvalue weighted by Gasteiger charge is 2.34. The number of carbonyl (C=O) groups excluding carboxylic acids is 1. The van der Waals surface area contributed by atoms with E-state index in [2.05, 4.69) is 25.5 Å². The maximum absolute atomic E-state index is 14.5. The van der Waals surface area contributed by atoms with E-state index in [-0.39, 0.29) is 17.6 Å². The fourth-order valence-corrected chi connectivity index (χ4v) is 5.73. The van der Waals surface area contributed by atoms with Gasteiger partial charge in [-0.15, -0.1) is 0 Å². The molecule has 3 atom stereocenters. The molecule has 3 N–H and O–H groups in total. The third kappa shape index (κ3) is 4.07. The number of benzene rings is 1.